The highest BCUT2D eigenvalue weighted by atomic mass is 127. The standard InChI is InChI=1S/C14H19IN2O2/c1-10-4-2-3-5-11(10)9-16-13-7-6-12(15)8-14(13)17(18)19/h6-8,10-11,16H,2-5,9H2,1H3. The van der Waals surface area contributed by atoms with Gasteiger partial charge in [0.25, 0.3) is 5.69 Å². The van der Waals surface area contributed by atoms with Crippen molar-refractivity contribution in [3.05, 3.63) is 31.9 Å². The number of halogens is 1. The number of nitrogens with one attached hydrogen (secondary N) is 1. The largest absolute Gasteiger partial charge is 0.379 e. The Kier molecular flexibility index (Phi) is 5.01. The van der Waals surface area contributed by atoms with E-state index in [0.29, 0.717) is 17.5 Å². The second kappa shape index (κ2) is 6.54. The lowest BCUT2D eigenvalue weighted by atomic mass is 9.80. The van der Waals surface area contributed by atoms with Gasteiger partial charge in [-0.3, -0.25) is 10.1 Å². The summed E-state index contributed by atoms with van der Waals surface area (Å²) >= 11 is 2.10. The van der Waals surface area contributed by atoms with Gasteiger partial charge in [-0.2, -0.15) is 0 Å². The second-order valence-electron chi connectivity index (χ2n) is 5.32. The van der Waals surface area contributed by atoms with E-state index in [4.69, 9.17) is 0 Å². The molecule has 1 aliphatic carbocycles. The van der Waals surface area contributed by atoms with Crippen LogP contribution in [0, 0.1) is 25.5 Å². The van der Waals surface area contributed by atoms with E-state index in [-0.39, 0.29) is 10.6 Å². The second-order valence-corrected chi connectivity index (χ2v) is 6.57. The lowest BCUT2D eigenvalue weighted by Crippen LogP contribution is -2.24. The Labute approximate surface area is 127 Å². The minimum absolute atomic E-state index is 0.176. The fourth-order valence-electron chi connectivity index (χ4n) is 2.74. The molecule has 1 aromatic carbocycles. The Balaban J connectivity index is 2.04. The zero-order valence-corrected chi connectivity index (χ0v) is 13.2. The van der Waals surface area contributed by atoms with Crippen molar-refractivity contribution in [1.29, 1.82) is 0 Å². The van der Waals surface area contributed by atoms with Crippen LogP contribution in [-0.4, -0.2) is 11.5 Å². The minimum atomic E-state index is -0.311. The van der Waals surface area contributed by atoms with Crippen molar-refractivity contribution in [3.63, 3.8) is 0 Å². The van der Waals surface area contributed by atoms with Crippen LogP contribution in [0.25, 0.3) is 0 Å². The number of anilines is 1. The summed E-state index contributed by atoms with van der Waals surface area (Å²) in [6.45, 7) is 3.12. The van der Waals surface area contributed by atoms with Crippen LogP contribution in [0.5, 0.6) is 0 Å². The summed E-state index contributed by atoms with van der Waals surface area (Å²) in [6.07, 6.45) is 5.11. The highest BCUT2D eigenvalue weighted by molar-refractivity contribution is 14.1. The third-order valence-corrected chi connectivity index (χ3v) is 4.67. The summed E-state index contributed by atoms with van der Waals surface area (Å²) in [6, 6.07) is 5.33. The van der Waals surface area contributed by atoms with Crippen molar-refractivity contribution in [1.82, 2.24) is 0 Å². The number of hydrogen-bond acceptors (Lipinski definition) is 3. The summed E-state index contributed by atoms with van der Waals surface area (Å²) in [4.78, 5) is 10.7. The molecule has 0 aromatic heterocycles. The Morgan fingerprint density at radius 1 is 1.42 bits per heavy atom. The number of nitro benzene ring substituents is 1. The average Bonchev–Trinajstić information content (AvgIpc) is 2.38. The van der Waals surface area contributed by atoms with Crippen LogP contribution in [0.4, 0.5) is 11.4 Å². The van der Waals surface area contributed by atoms with E-state index in [9.17, 15) is 10.1 Å². The molecule has 1 fully saturated rings. The molecule has 0 spiro atoms. The summed E-state index contributed by atoms with van der Waals surface area (Å²) in [5.74, 6) is 1.34. The van der Waals surface area contributed by atoms with Gasteiger partial charge < -0.3 is 5.32 Å². The van der Waals surface area contributed by atoms with Crippen LogP contribution in [0.3, 0.4) is 0 Å². The minimum Gasteiger partial charge on any atom is -0.379 e. The van der Waals surface area contributed by atoms with Crippen LogP contribution < -0.4 is 5.32 Å². The van der Waals surface area contributed by atoms with Gasteiger partial charge in [0.1, 0.15) is 5.69 Å². The van der Waals surface area contributed by atoms with E-state index in [1.807, 2.05) is 12.1 Å². The van der Waals surface area contributed by atoms with Gasteiger partial charge >= 0.3 is 0 Å². The lowest BCUT2D eigenvalue weighted by molar-refractivity contribution is -0.384. The molecule has 1 aromatic rings. The predicted octanol–water partition coefficient (Wildman–Crippen LogP) is 4.44. The van der Waals surface area contributed by atoms with E-state index in [0.717, 1.165) is 10.1 Å². The molecule has 104 valence electrons. The zero-order valence-electron chi connectivity index (χ0n) is 11.1. The molecule has 1 saturated carbocycles. The Hall–Kier alpha value is -0.850. The van der Waals surface area contributed by atoms with Gasteiger partial charge in [0, 0.05) is 16.2 Å². The maximum atomic E-state index is 11.1. The van der Waals surface area contributed by atoms with Gasteiger partial charge in [-0.15, -0.1) is 0 Å². The van der Waals surface area contributed by atoms with Crippen molar-refractivity contribution in [2.75, 3.05) is 11.9 Å². The first-order chi connectivity index (χ1) is 9.08. The molecule has 19 heavy (non-hydrogen) atoms. The van der Waals surface area contributed by atoms with Crippen molar-refractivity contribution in [2.45, 2.75) is 32.6 Å². The molecule has 1 N–H and O–H groups in total. The molecule has 5 heteroatoms. The van der Waals surface area contributed by atoms with Crippen LogP contribution >= 0.6 is 22.6 Å². The normalized spacial score (nSPS) is 23.1. The molecule has 0 aliphatic heterocycles. The molecule has 4 nitrogen and oxygen atoms in total. The van der Waals surface area contributed by atoms with E-state index in [2.05, 4.69) is 34.8 Å². The summed E-state index contributed by atoms with van der Waals surface area (Å²) in [7, 11) is 0. The maximum Gasteiger partial charge on any atom is 0.293 e. The van der Waals surface area contributed by atoms with Crippen LogP contribution in [0.2, 0.25) is 0 Å². The number of nitro groups is 1. The molecule has 2 atom stereocenters. The van der Waals surface area contributed by atoms with Crippen molar-refractivity contribution >= 4 is 34.0 Å². The first-order valence-corrected chi connectivity index (χ1v) is 7.83. The van der Waals surface area contributed by atoms with Crippen molar-refractivity contribution < 1.29 is 4.92 Å². The molecule has 1 aliphatic rings. The Morgan fingerprint density at radius 3 is 2.84 bits per heavy atom. The third kappa shape index (κ3) is 3.81. The first-order valence-electron chi connectivity index (χ1n) is 6.75. The molecule has 2 unspecified atom stereocenters. The summed E-state index contributed by atoms with van der Waals surface area (Å²) < 4.78 is 0.890. The Bertz CT molecular complexity index is 465. The van der Waals surface area contributed by atoms with Gasteiger partial charge in [-0.05, 0) is 53.0 Å². The molecular weight excluding hydrogens is 355 g/mol. The van der Waals surface area contributed by atoms with Crippen molar-refractivity contribution in [3.8, 4) is 0 Å². The lowest BCUT2D eigenvalue weighted by Gasteiger charge is -2.29. The quantitative estimate of drug-likeness (QED) is 0.482. The van der Waals surface area contributed by atoms with E-state index in [1.165, 1.54) is 25.7 Å². The fourth-order valence-corrected chi connectivity index (χ4v) is 3.22. The highest BCUT2D eigenvalue weighted by Gasteiger charge is 2.22. The molecule has 0 bridgehead atoms. The zero-order chi connectivity index (χ0) is 13.8. The van der Waals surface area contributed by atoms with Crippen molar-refractivity contribution in [2.24, 2.45) is 11.8 Å². The van der Waals surface area contributed by atoms with Crippen LogP contribution in [0.15, 0.2) is 18.2 Å². The van der Waals surface area contributed by atoms with Gasteiger partial charge in [-0.1, -0.05) is 26.2 Å². The molecule has 0 saturated heterocycles. The SMILES string of the molecule is CC1CCCCC1CNc1ccc(I)cc1[N+](=O)[O-]. The average molecular weight is 374 g/mol. The molecule has 0 heterocycles. The number of hydrogen-bond donors (Lipinski definition) is 1. The fraction of sp³-hybridized carbons (Fsp3) is 0.571. The van der Waals surface area contributed by atoms with Crippen LogP contribution in [-0.2, 0) is 0 Å². The highest BCUT2D eigenvalue weighted by Crippen LogP contribution is 2.31. The molecular formula is C14H19IN2O2. The van der Waals surface area contributed by atoms with E-state index >= 15 is 0 Å². The Morgan fingerprint density at radius 2 is 2.16 bits per heavy atom. The van der Waals surface area contributed by atoms with Gasteiger partial charge in [0.2, 0.25) is 0 Å². The molecule has 0 amide bonds. The number of nitrogens with zero attached hydrogens (tertiary/aromatic N) is 1. The van der Waals surface area contributed by atoms with Gasteiger partial charge in [0.05, 0.1) is 4.92 Å². The third-order valence-electron chi connectivity index (χ3n) is 4.00. The monoisotopic (exact) mass is 374 g/mol. The first kappa shape index (κ1) is 14.6. The predicted molar refractivity (Wildman–Crippen MR) is 85.4 cm³/mol. The van der Waals surface area contributed by atoms with Crippen LogP contribution in [0.1, 0.15) is 32.6 Å². The van der Waals surface area contributed by atoms with Gasteiger partial charge in [0.15, 0.2) is 0 Å². The summed E-state index contributed by atoms with van der Waals surface area (Å²) in [5.41, 5.74) is 0.818. The van der Waals surface area contributed by atoms with E-state index < -0.39 is 0 Å². The summed E-state index contributed by atoms with van der Waals surface area (Å²) in [5, 5.41) is 14.3. The number of rotatable bonds is 4. The molecule has 0 radical (unpaired) electrons. The number of benzene rings is 1. The topological polar surface area (TPSA) is 55.2 Å². The van der Waals surface area contributed by atoms with E-state index in [1.54, 1.807) is 6.07 Å². The van der Waals surface area contributed by atoms with Gasteiger partial charge in [-0.25, -0.2) is 0 Å². The smallest absolute Gasteiger partial charge is 0.293 e. The maximum absolute atomic E-state index is 11.1. The molecule has 2 rings (SSSR count).